The van der Waals surface area contributed by atoms with Crippen molar-refractivity contribution in [3.8, 4) is 0 Å². The van der Waals surface area contributed by atoms with E-state index in [1.807, 2.05) is 36.5 Å². The Balaban J connectivity index is 4.68. The number of esters is 1. The van der Waals surface area contributed by atoms with Crippen LogP contribution in [0, 0.1) is 0 Å². The minimum atomic E-state index is -0.802. The van der Waals surface area contributed by atoms with Gasteiger partial charge in [0.15, 0.2) is 0 Å². The predicted octanol–water partition coefficient (Wildman–Crippen LogP) is 16.2. The number of nitrogens with one attached hydrogen (secondary N) is 1. The van der Waals surface area contributed by atoms with Gasteiger partial charge < -0.3 is 20.3 Å². The molecule has 0 aliphatic rings. The fourth-order valence-corrected chi connectivity index (χ4v) is 7.81. The normalized spacial score (nSPS) is 13.8. The van der Waals surface area contributed by atoms with Crippen molar-refractivity contribution in [2.75, 3.05) is 6.61 Å². The van der Waals surface area contributed by atoms with E-state index in [9.17, 15) is 19.8 Å². The number of amides is 1. The summed E-state index contributed by atoms with van der Waals surface area (Å²) in [5.74, 6) is -0.520. The highest BCUT2D eigenvalue weighted by Gasteiger charge is 2.24. The van der Waals surface area contributed by atoms with Gasteiger partial charge in [0.2, 0.25) is 5.91 Å². The van der Waals surface area contributed by atoms with E-state index < -0.39 is 18.2 Å². The summed E-state index contributed by atoms with van der Waals surface area (Å²) < 4.78 is 5.92. The molecule has 6 nitrogen and oxygen atoms in total. The number of rotatable bonds is 47. The molecule has 364 valence electrons. The summed E-state index contributed by atoms with van der Waals surface area (Å²) in [5.41, 5.74) is 0. The van der Waals surface area contributed by atoms with Gasteiger partial charge in [0.05, 0.1) is 25.2 Å². The number of hydrogen-bond donors (Lipinski definition) is 3. The van der Waals surface area contributed by atoms with Crippen LogP contribution < -0.4 is 5.32 Å². The van der Waals surface area contributed by atoms with Crippen LogP contribution in [0.1, 0.15) is 252 Å². The minimum absolute atomic E-state index is 0.0457. The maximum Gasteiger partial charge on any atom is 0.306 e. The Morgan fingerprint density at radius 2 is 0.857 bits per heavy atom. The van der Waals surface area contributed by atoms with Crippen molar-refractivity contribution in [3.05, 3.63) is 72.9 Å². The third-order valence-electron chi connectivity index (χ3n) is 11.9. The largest absolute Gasteiger partial charge is 0.462 e. The van der Waals surface area contributed by atoms with E-state index in [0.29, 0.717) is 19.3 Å². The minimum Gasteiger partial charge on any atom is -0.462 e. The maximum absolute atomic E-state index is 13.2. The van der Waals surface area contributed by atoms with Gasteiger partial charge in [0.25, 0.3) is 0 Å². The van der Waals surface area contributed by atoms with Gasteiger partial charge in [-0.2, -0.15) is 0 Å². The zero-order valence-corrected chi connectivity index (χ0v) is 41.4. The third kappa shape index (κ3) is 45.7. The molecule has 0 aromatic carbocycles. The van der Waals surface area contributed by atoms with Crippen LogP contribution in [-0.4, -0.2) is 46.9 Å². The Hall–Kier alpha value is -2.70. The van der Waals surface area contributed by atoms with Crippen LogP contribution in [0.3, 0.4) is 0 Å². The van der Waals surface area contributed by atoms with Crippen LogP contribution in [0.4, 0.5) is 0 Å². The fourth-order valence-electron chi connectivity index (χ4n) is 7.81. The van der Waals surface area contributed by atoms with Gasteiger partial charge in [-0.25, -0.2) is 0 Å². The first-order valence-corrected chi connectivity index (χ1v) is 26.7. The molecule has 0 aromatic heterocycles. The Morgan fingerprint density at radius 3 is 1.35 bits per heavy atom. The second-order valence-electron chi connectivity index (χ2n) is 18.0. The molecule has 1 amide bonds. The summed E-state index contributed by atoms with van der Waals surface area (Å²) >= 11 is 0. The molecule has 0 heterocycles. The van der Waals surface area contributed by atoms with Gasteiger partial charge >= 0.3 is 5.97 Å². The van der Waals surface area contributed by atoms with Crippen LogP contribution in [0.5, 0.6) is 0 Å². The van der Waals surface area contributed by atoms with Crippen molar-refractivity contribution in [2.45, 2.75) is 270 Å². The molecule has 3 unspecified atom stereocenters. The van der Waals surface area contributed by atoms with Crippen molar-refractivity contribution >= 4 is 11.9 Å². The fraction of sp³-hybridized carbons (Fsp3) is 0.754. The van der Waals surface area contributed by atoms with Crippen molar-refractivity contribution in [3.63, 3.8) is 0 Å². The Kier molecular flexibility index (Phi) is 48.1. The van der Waals surface area contributed by atoms with E-state index in [1.165, 1.54) is 135 Å². The second kappa shape index (κ2) is 50.3. The highest BCUT2D eigenvalue weighted by molar-refractivity contribution is 5.77. The lowest BCUT2D eigenvalue weighted by atomic mass is 10.0. The number of aliphatic hydroxyl groups excluding tert-OH is 2. The quantitative estimate of drug-likeness (QED) is 0.0245. The van der Waals surface area contributed by atoms with Gasteiger partial charge in [0.1, 0.15) is 6.10 Å². The zero-order chi connectivity index (χ0) is 45.9. The van der Waals surface area contributed by atoms with Crippen molar-refractivity contribution in [1.82, 2.24) is 5.32 Å². The Morgan fingerprint density at radius 1 is 0.460 bits per heavy atom. The maximum atomic E-state index is 13.2. The first-order valence-electron chi connectivity index (χ1n) is 26.7. The summed E-state index contributed by atoms with van der Waals surface area (Å²) in [5, 5.41) is 23.7. The highest BCUT2D eigenvalue weighted by atomic mass is 16.5. The van der Waals surface area contributed by atoms with Crippen LogP contribution >= 0.6 is 0 Å². The highest BCUT2D eigenvalue weighted by Crippen LogP contribution is 2.17. The molecule has 3 N–H and O–H groups in total. The molecule has 3 atom stereocenters. The van der Waals surface area contributed by atoms with Crippen molar-refractivity contribution in [2.24, 2.45) is 0 Å². The number of aliphatic hydroxyl groups is 2. The van der Waals surface area contributed by atoms with Gasteiger partial charge in [-0.3, -0.25) is 9.59 Å². The molecule has 0 aromatic rings. The van der Waals surface area contributed by atoms with Crippen molar-refractivity contribution < 1.29 is 24.5 Å². The lowest BCUT2D eigenvalue weighted by Crippen LogP contribution is -2.46. The standard InChI is InChI=1S/C57H101NO5/c1-4-7-10-13-16-19-22-24-26-28-30-32-35-38-41-44-47-50-57(62)63-53(48-45-42-39-36-34-31-29-27-25-23-20-17-14-11-8-5-2)51-56(61)58-54(52-59)55(60)49-46-43-40-37-33-21-18-15-12-9-6-3/h11,14,17,20,23-27,29,31,34,53-55,59-60H,4-10,12-13,15-16,18-19,21-22,28,30,32-33,35-52H2,1-3H3,(H,58,61)/b14-11+,20-17+,25-23+,26-24+,29-27+,34-31+. The van der Waals surface area contributed by atoms with Crippen molar-refractivity contribution in [1.29, 1.82) is 0 Å². The summed E-state index contributed by atoms with van der Waals surface area (Å²) in [4.78, 5) is 26.2. The first kappa shape index (κ1) is 60.3. The summed E-state index contributed by atoms with van der Waals surface area (Å²) in [6.07, 6.45) is 63.8. The molecular weight excluding hydrogens is 779 g/mol. The van der Waals surface area contributed by atoms with Gasteiger partial charge in [-0.05, 0) is 70.6 Å². The smallest absolute Gasteiger partial charge is 0.306 e. The molecule has 0 saturated carbocycles. The number of carbonyl (C=O) groups is 2. The molecule has 0 fully saturated rings. The molecular formula is C57H101NO5. The predicted molar refractivity (Wildman–Crippen MR) is 273 cm³/mol. The molecule has 0 aliphatic carbocycles. The van der Waals surface area contributed by atoms with Crippen LogP contribution in [-0.2, 0) is 14.3 Å². The van der Waals surface area contributed by atoms with E-state index in [1.54, 1.807) is 0 Å². The lowest BCUT2D eigenvalue weighted by Gasteiger charge is -2.24. The molecule has 0 saturated heterocycles. The van der Waals surface area contributed by atoms with E-state index >= 15 is 0 Å². The summed E-state index contributed by atoms with van der Waals surface area (Å²) in [7, 11) is 0. The molecule has 0 radical (unpaired) electrons. The SMILES string of the molecule is CCC/C=C/C=C/C=C/C=C/C=C/CCCCCC(CC(=O)NC(CO)C(O)CCCCCCCCCCCCC)OC(=O)CCCCCCCCC/C=C/CCCCCCCC. The van der Waals surface area contributed by atoms with Crippen LogP contribution in [0.2, 0.25) is 0 Å². The average Bonchev–Trinajstić information content (AvgIpc) is 3.28. The molecule has 63 heavy (non-hydrogen) atoms. The summed E-state index contributed by atoms with van der Waals surface area (Å²) in [6.45, 7) is 6.38. The van der Waals surface area contributed by atoms with Gasteiger partial charge in [-0.15, -0.1) is 0 Å². The number of allylic oxidation sites excluding steroid dienone is 12. The van der Waals surface area contributed by atoms with Crippen LogP contribution in [0.25, 0.3) is 0 Å². The van der Waals surface area contributed by atoms with Crippen LogP contribution in [0.15, 0.2) is 72.9 Å². The number of unbranched alkanes of at least 4 members (excludes halogenated alkanes) is 27. The molecule has 0 bridgehead atoms. The van der Waals surface area contributed by atoms with E-state index in [2.05, 4.69) is 62.5 Å². The Bertz CT molecular complexity index is 1170. The topological polar surface area (TPSA) is 95.9 Å². The number of ether oxygens (including phenoxy) is 1. The third-order valence-corrected chi connectivity index (χ3v) is 11.9. The number of hydrogen-bond acceptors (Lipinski definition) is 5. The molecule has 0 rings (SSSR count). The monoisotopic (exact) mass is 880 g/mol. The van der Waals surface area contributed by atoms with Gasteiger partial charge in [0, 0.05) is 6.42 Å². The van der Waals surface area contributed by atoms with E-state index in [-0.39, 0.29) is 24.9 Å². The first-order chi connectivity index (χ1) is 31.0. The Labute approximate surface area is 390 Å². The molecule has 0 spiro atoms. The van der Waals surface area contributed by atoms with Gasteiger partial charge in [-0.1, -0.05) is 241 Å². The van der Waals surface area contributed by atoms with E-state index in [0.717, 1.165) is 70.6 Å². The molecule has 0 aliphatic heterocycles. The summed E-state index contributed by atoms with van der Waals surface area (Å²) in [6, 6.07) is -0.719. The number of carbonyl (C=O) groups excluding carboxylic acids is 2. The van der Waals surface area contributed by atoms with E-state index in [4.69, 9.17) is 4.74 Å². The zero-order valence-electron chi connectivity index (χ0n) is 41.4. The average molecular weight is 880 g/mol. The molecule has 6 heteroatoms. The second-order valence-corrected chi connectivity index (χ2v) is 18.0. The lowest BCUT2D eigenvalue weighted by molar-refractivity contribution is -0.151.